The minimum Gasteiger partial charge on any atom is -0.300 e. The first-order chi connectivity index (χ1) is 7.48. The SMILES string of the molecule is CC1(Cc2ccc(F)c(Br)c2)CCC(=O)C1. The molecule has 1 unspecified atom stereocenters. The van der Waals surface area contributed by atoms with Gasteiger partial charge in [-0.1, -0.05) is 13.0 Å². The molecule has 0 amide bonds. The van der Waals surface area contributed by atoms with Crippen LogP contribution in [0.15, 0.2) is 22.7 Å². The van der Waals surface area contributed by atoms with Gasteiger partial charge in [-0.05, 0) is 51.9 Å². The first kappa shape index (κ1) is 11.8. The normalized spacial score (nSPS) is 25.1. The third kappa shape index (κ3) is 2.51. The van der Waals surface area contributed by atoms with Crippen LogP contribution in [-0.2, 0) is 11.2 Å². The number of ketones is 1. The number of halogens is 2. The van der Waals surface area contributed by atoms with Crippen LogP contribution in [0, 0.1) is 11.2 Å². The van der Waals surface area contributed by atoms with Crippen molar-refractivity contribution in [3.05, 3.63) is 34.1 Å². The second-order valence-corrected chi connectivity index (χ2v) is 5.81. The van der Waals surface area contributed by atoms with E-state index in [2.05, 4.69) is 22.9 Å². The molecule has 1 fully saturated rings. The predicted molar refractivity (Wildman–Crippen MR) is 64.8 cm³/mol. The maximum atomic E-state index is 13.1. The van der Waals surface area contributed by atoms with Gasteiger partial charge >= 0.3 is 0 Å². The van der Waals surface area contributed by atoms with Crippen molar-refractivity contribution in [1.29, 1.82) is 0 Å². The van der Waals surface area contributed by atoms with Crippen molar-refractivity contribution in [3.63, 3.8) is 0 Å². The van der Waals surface area contributed by atoms with E-state index in [0.29, 0.717) is 23.1 Å². The third-order valence-corrected chi connectivity index (χ3v) is 3.85. The second kappa shape index (κ2) is 4.28. The number of carbonyl (C=O) groups excluding carboxylic acids is 1. The highest BCUT2D eigenvalue weighted by Gasteiger charge is 2.33. The number of Topliss-reactive ketones (excluding diaryl/α,β-unsaturated/α-hetero) is 1. The van der Waals surface area contributed by atoms with Crippen LogP contribution in [0.5, 0.6) is 0 Å². The average Bonchev–Trinajstić information content (AvgIpc) is 2.52. The molecule has 1 aliphatic carbocycles. The van der Waals surface area contributed by atoms with E-state index < -0.39 is 0 Å². The standard InChI is InChI=1S/C13H14BrFO/c1-13(5-4-10(16)8-13)7-9-2-3-12(15)11(14)6-9/h2-3,6H,4-5,7-8H2,1H3. The zero-order chi connectivity index (χ0) is 11.8. The van der Waals surface area contributed by atoms with E-state index >= 15 is 0 Å². The fraction of sp³-hybridized carbons (Fsp3) is 0.462. The van der Waals surface area contributed by atoms with E-state index in [1.165, 1.54) is 6.07 Å². The van der Waals surface area contributed by atoms with Crippen LogP contribution in [0.4, 0.5) is 4.39 Å². The lowest BCUT2D eigenvalue weighted by molar-refractivity contribution is -0.117. The predicted octanol–water partition coefficient (Wildman–Crippen LogP) is 3.89. The number of hydrogen-bond acceptors (Lipinski definition) is 1. The Morgan fingerprint density at radius 3 is 2.81 bits per heavy atom. The van der Waals surface area contributed by atoms with Gasteiger partial charge in [0, 0.05) is 12.8 Å². The minimum atomic E-state index is -0.239. The topological polar surface area (TPSA) is 17.1 Å². The molecule has 1 atom stereocenters. The van der Waals surface area contributed by atoms with E-state index in [1.807, 2.05) is 6.07 Å². The smallest absolute Gasteiger partial charge is 0.137 e. The van der Waals surface area contributed by atoms with Crippen molar-refractivity contribution in [2.24, 2.45) is 5.41 Å². The number of rotatable bonds is 2. The second-order valence-electron chi connectivity index (χ2n) is 4.95. The highest BCUT2D eigenvalue weighted by Crippen LogP contribution is 2.38. The summed E-state index contributed by atoms with van der Waals surface area (Å²) in [6, 6.07) is 5.08. The number of hydrogen-bond donors (Lipinski definition) is 0. The fourth-order valence-electron chi connectivity index (χ4n) is 2.39. The molecule has 0 N–H and O–H groups in total. The Bertz CT molecular complexity index is 430. The summed E-state index contributed by atoms with van der Waals surface area (Å²) in [6.07, 6.45) is 3.14. The summed E-state index contributed by atoms with van der Waals surface area (Å²) < 4.78 is 13.6. The highest BCUT2D eigenvalue weighted by molar-refractivity contribution is 9.10. The van der Waals surface area contributed by atoms with Crippen molar-refractivity contribution in [2.75, 3.05) is 0 Å². The van der Waals surface area contributed by atoms with E-state index in [9.17, 15) is 9.18 Å². The van der Waals surface area contributed by atoms with Crippen LogP contribution in [0.2, 0.25) is 0 Å². The molecule has 1 aliphatic rings. The molecule has 3 heteroatoms. The summed E-state index contributed by atoms with van der Waals surface area (Å²) in [6.45, 7) is 2.13. The monoisotopic (exact) mass is 284 g/mol. The Morgan fingerprint density at radius 2 is 2.25 bits per heavy atom. The van der Waals surface area contributed by atoms with Gasteiger partial charge in [-0.2, -0.15) is 0 Å². The van der Waals surface area contributed by atoms with Crippen LogP contribution in [0.25, 0.3) is 0 Å². The Labute approximate surface area is 103 Å². The Balaban J connectivity index is 2.14. The van der Waals surface area contributed by atoms with Crippen LogP contribution in [0.3, 0.4) is 0 Å². The molecule has 0 aliphatic heterocycles. The molecule has 1 aromatic carbocycles. The van der Waals surface area contributed by atoms with Crippen molar-refractivity contribution in [3.8, 4) is 0 Å². The van der Waals surface area contributed by atoms with Crippen LogP contribution < -0.4 is 0 Å². The average molecular weight is 285 g/mol. The summed E-state index contributed by atoms with van der Waals surface area (Å²) in [7, 11) is 0. The lowest BCUT2D eigenvalue weighted by Gasteiger charge is -2.22. The van der Waals surface area contributed by atoms with Gasteiger partial charge < -0.3 is 0 Å². The van der Waals surface area contributed by atoms with Crippen molar-refractivity contribution in [1.82, 2.24) is 0 Å². The molecule has 0 bridgehead atoms. The highest BCUT2D eigenvalue weighted by atomic mass is 79.9. The van der Waals surface area contributed by atoms with Gasteiger partial charge in [0.2, 0.25) is 0 Å². The summed E-state index contributed by atoms with van der Waals surface area (Å²) in [5.41, 5.74) is 1.15. The molecular formula is C13H14BrFO. The van der Waals surface area contributed by atoms with Crippen LogP contribution >= 0.6 is 15.9 Å². The first-order valence-electron chi connectivity index (χ1n) is 5.44. The lowest BCUT2D eigenvalue weighted by Crippen LogP contribution is -2.15. The van der Waals surface area contributed by atoms with Crippen molar-refractivity contribution in [2.45, 2.75) is 32.6 Å². The molecule has 0 spiro atoms. The molecular weight excluding hydrogens is 271 g/mol. The van der Waals surface area contributed by atoms with E-state index in [-0.39, 0.29) is 11.2 Å². The summed E-state index contributed by atoms with van der Waals surface area (Å²) in [4.78, 5) is 11.3. The molecule has 1 saturated carbocycles. The van der Waals surface area contributed by atoms with Gasteiger partial charge in [-0.3, -0.25) is 4.79 Å². The molecule has 0 radical (unpaired) electrons. The molecule has 0 aromatic heterocycles. The Hall–Kier alpha value is -0.700. The fourth-order valence-corrected chi connectivity index (χ4v) is 2.81. The molecule has 1 nitrogen and oxygen atoms in total. The van der Waals surface area contributed by atoms with Gasteiger partial charge in [0.1, 0.15) is 11.6 Å². The minimum absolute atomic E-state index is 0.0638. The largest absolute Gasteiger partial charge is 0.300 e. The zero-order valence-corrected chi connectivity index (χ0v) is 10.8. The first-order valence-corrected chi connectivity index (χ1v) is 6.23. The molecule has 1 aromatic rings. The van der Waals surface area contributed by atoms with Crippen LogP contribution in [-0.4, -0.2) is 5.78 Å². The van der Waals surface area contributed by atoms with E-state index in [1.54, 1.807) is 6.07 Å². The maximum absolute atomic E-state index is 13.1. The lowest BCUT2D eigenvalue weighted by atomic mass is 9.82. The Kier molecular flexibility index (Phi) is 3.15. The van der Waals surface area contributed by atoms with Gasteiger partial charge in [0.25, 0.3) is 0 Å². The van der Waals surface area contributed by atoms with E-state index in [4.69, 9.17) is 0 Å². The molecule has 86 valence electrons. The van der Waals surface area contributed by atoms with Gasteiger partial charge in [-0.15, -0.1) is 0 Å². The summed E-state index contributed by atoms with van der Waals surface area (Å²) >= 11 is 3.18. The molecule has 16 heavy (non-hydrogen) atoms. The molecule has 2 rings (SSSR count). The summed E-state index contributed by atoms with van der Waals surface area (Å²) in [5, 5.41) is 0. The Morgan fingerprint density at radius 1 is 1.50 bits per heavy atom. The van der Waals surface area contributed by atoms with Gasteiger partial charge in [-0.25, -0.2) is 4.39 Å². The third-order valence-electron chi connectivity index (χ3n) is 3.25. The summed E-state index contributed by atoms with van der Waals surface area (Å²) in [5.74, 6) is 0.111. The van der Waals surface area contributed by atoms with Crippen molar-refractivity contribution >= 4 is 21.7 Å². The number of carbonyl (C=O) groups is 1. The van der Waals surface area contributed by atoms with Gasteiger partial charge in [0.05, 0.1) is 4.47 Å². The van der Waals surface area contributed by atoms with Gasteiger partial charge in [0.15, 0.2) is 0 Å². The number of benzene rings is 1. The maximum Gasteiger partial charge on any atom is 0.137 e. The quantitative estimate of drug-likeness (QED) is 0.805. The molecule has 0 heterocycles. The molecule has 0 saturated heterocycles. The van der Waals surface area contributed by atoms with E-state index in [0.717, 1.165) is 18.4 Å². The zero-order valence-electron chi connectivity index (χ0n) is 9.22. The van der Waals surface area contributed by atoms with Crippen molar-refractivity contribution < 1.29 is 9.18 Å². The van der Waals surface area contributed by atoms with Crippen LogP contribution in [0.1, 0.15) is 31.7 Å².